The van der Waals surface area contributed by atoms with Crippen molar-refractivity contribution in [1.29, 1.82) is 0 Å². The van der Waals surface area contributed by atoms with Gasteiger partial charge in [0.2, 0.25) is 11.8 Å². The smallest absolute Gasteiger partial charge is 0.340 e. The van der Waals surface area contributed by atoms with Gasteiger partial charge in [0.25, 0.3) is 0 Å². The van der Waals surface area contributed by atoms with E-state index < -0.39 is 5.97 Å². The first-order chi connectivity index (χ1) is 11.1. The summed E-state index contributed by atoms with van der Waals surface area (Å²) in [4.78, 5) is 39.0. The number of rotatable bonds is 3. The molecule has 0 radical (unpaired) electrons. The van der Waals surface area contributed by atoms with Crippen molar-refractivity contribution in [3.8, 4) is 0 Å². The molecule has 0 spiro atoms. The third kappa shape index (κ3) is 1.89. The highest BCUT2D eigenvalue weighted by molar-refractivity contribution is 6.24. The first-order valence-corrected chi connectivity index (χ1v) is 7.95. The third-order valence-corrected chi connectivity index (χ3v) is 5.11. The molecule has 4 rings (SSSR count). The van der Waals surface area contributed by atoms with Gasteiger partial charge in [-0.1, -0.05) is 24.3 Å². The molecule has 2 fully saturated rings. The molecule has 2 amide bonds. The average molecular weight is 311 g/mol. The summed E-state index contributed by atoms with van der Waals surface area (Å²) < 4.78 is 5.05. The summed E-state index contributed by atoms with van der Waals surface area (Å²) in [5, 5.41) is 0. The zero-order valence-electron chi connectivity index (χ0n) is 12.8. The molecule has 4 atom stereocenters. The zero-order valence-corrected chi connectivity index (χ0v) is 12.8. The summed E-state index contributed by atoms with van der Waals surface area (Å²) in [5.74, 6) is -1.12. The number of para-hydroxylation sites is 1. The Morgan fingerprint density at radius 2 is 1.74 bits per heavy atom. The van der Waals surface area contributed by atoms with E-state index in [9.17, 15) is 14.4 Å². The Labute approximate surface area is 133 Å². The topological polar surface area (TPSA) is 63.7 Å². The number of nitrogens with zero attached hydrogens (tertiary/aromatic N) is 1. The largest absolute Gasteiger partial charge is 0.462 e. The molecule has 1 saturated heterocycles. The van der Waals surface area contributed by atoms with Crippen LogP contribution in [0.3, 0.4) is 0 Å². The van der Waals surface area contributed by atoms with Crippen molar-refractivity contribution in [2.45, 2.75) is 13.3 Å². The van der Waals surface area contributed by atoms with E-state index in [0.29, 0.717) is 5.69 Å². The van der Waals surface area contributed by atoms with Crippen LogP contribution in [0.15, 0.2) is 36.4 Å². The van der Waals surface area contributed by atoms with Crippen LogP contribution in [0.1, 0.15) is 23.7 Å². The number of allylic oxidation sites excluding steroid dienone is 2. The fourth-order valence-electron chi connectivity index (χ4n) is 4.19. The maximum Gasteiger partial charge on any atom is 0.340 e. The maximum atomic E-state index is 12.8. The first kappa shape index (κ1) is 14.2. The third-order valence-electron chi connectivity index (χ3n) is 5.11. The summed E-state index contributed by atoms with van der Waals surface area (Å²) >= 11 is 0. The second kappa shape index (κ2) is 5.05. The van der Waals surface area contributed by atoms with Gasteiger partial charge in [-0.3, -0.25) is 9.59 Å². The molecule has 2 aliphatic carbocycles. The lowest BCUT2D eigenvalue weighted by Gasteiger charge is -2.19. The van der Waals surface area contributed by atoms with Gasteiger partial charge in [0.1, 0.15) is 0 Å². The molecule has 1 heterocycles. The summed E-state index contributed by atoms with van der Waals surface area (Å²) in [7, 11) is 0. The highest BCUT2D eigenvalue weighted by Gasteiger charge is 2.59. The molecule has 0 unspecified atom stereocenters. The Morgan fingerprint density at radius 3 is 2.35 bits per heavy atom. The Morgan fingerprint density at radius 1 is 1.13 bits per heavy atom. The van der Waals surface area contributed by atoms with E-state index in [1.54, 1.807) is 31.2 Å². The summed E-state index contributed by atoms with van der Waals surface area (Å²) in [6.45, 7) is 1.97. The number of ether oxygens (including phenoxy) is 1. The van der Waals surface area contributed by atoms with Gasteiger partial charge in [0, 0.05) is 0 Å². The summed E-state index contributed by atoms with van der Waals surface area (Å²) in [5.41, 5.74) is 0.603. The second-order valence-electron chi connectivity index (χ2n) is 6.25. The molecular weight excluding hydrogens is 294 g/mol. The van der Waals surface area contributed by atoms with Crippen molar-refractivity contribution in [3.05, 3.63) is 42.0 Å². The number of carbonyl (C=O) groups excluding carboxylic acids is 3. The second-order valence-corrected chi connectivity index (χ2v) is 6.25. The molecule has 1 aromatic rings. The van der Waals surface area contributed by atoms with Crippen LogP contribution in [-0.4, -0.2) is 24.4 Å². The highest BCUT2D eigenvalue weighted by atomic mass is 16.5. The number of hydrogen-bond acceptors (Lipinski definition) is 4. The maximum absolute atomic E-state index is 12.8. The fraction of sp³-hybridized carbons (Fsp3) is 0.389. The molecule has 1 aliphatic heterocycles. The lowest BCUT2D eigenvalue weighted by atomic mass is 9.85. The number of hydrogen-bond donors (Lipinski definition) is 0. The van der Waals surface area contributed by atoms with Gasteiger partial charge in [-0.15, -0.1) is 0 Å². The molecule has 0 aromatic heterocycles. The van der Waals surface area contributed by atoms with Gasteiger partial charge < -0.3 is 4.74 Å². The SMILES string of the molecule is CCOC(=O)c1ccccc1N1C(=O)[C@@H]2[C@H](C1=O)[C@@H]1C=C[C@H]2C1. The van der Waals surface area contributed by atoms with Crippen LogP contribution in [0.25, 0.3) is 0 Å². The van der Waals surface area contributed by atoms with Crippen LogP contribution in [-0.2, 0) is 14.3 Å². The van der Waals surface area contributed by atoms with Crippen molar-refractivity contribution in [2.75, 3.05) is 11.5 Å². The van der Waals surface area contributed by atoms with Crippen molar-refractivity contribution in [1.82, 2.24) is 0 Å². The molecule has 1 aromatic carbocycles. The summed E-state index contributed by atoms with van der Waals surface area (Å²) in [6, 6.07) is 6.65. The Bertz CT molecular complexity index is 708. The fourth-order valence-corrected chi connectivity index (χ4v) is 4.19. The Kier molecular flexibility index (Phi) is 3.11. The van der Waals surface area contributed by atoms with Crippen molar-refractivity contribution < 1.29 is 19.1 Å². The number of fused-ring (bicyclic) bond motifs is 5. The minimum absolute atomic E-state index is 0.154. The van der Waals surface area contributed by atoms with E-state index in [1.165, 1.54) is 4.90 Å². The van der Waals surface area contributed by atoms with Gasteiger partial charge >= 0.3 is 5.97 Å². The molecule has 1 saturated carbocycles. The monoisotopic (exact) mass is 311 g/mol. The zero-order chi connectivity index (χ0) is 16.1. The summed E-state index contributed by atoms with van der Waals surface area (Å²) in [6.07, 6.45) is 5.00. The van der Waals surface area contributed by atoms with Gasteiger partial charge in [-0.25, -0.2) is 9.69 Å². The van der Waals surface area contributed by atoms with E-state index in [0.717, 1.165) is 6.42 Å². The van der Waals surface area contributed by atoms with E-state index in [2.05, 4.69) is 12.2 Å². The molecule has 5 heteroatoms. The molecule has 23 heavy (non-hydrogen) atoms. The first-order valence-electron chi connectivity index (χ1n) is 7.95. The van der Waals surface area contributed by atoms with Crippen molar-refractivity contribution in [3.63, 3.8) is 0 Å². The number of imide groups is 1. The number of carbonyl (C=O) groups is 3. The van der Waals surface area contributed by atoms with Gasteiger partial charge in [-0.05, 0) is 37.3 Å². The van der Waals surface area contributed by atoms with Gasteiger partial charge in [0.15, 0.2) is 0 Å². The van der Waals surface area contributed by atoms with Gasteiger partial charge in [-0.2, -0.15) is 0 Å². The Hall–Kier alpha value is -2.43. The van der Waals surface area contributed by atoms with Crippen molar-refractivity contribution >= 4 is 23.5 Å². The molecule has 2 bridgehead atoms. The van der Waals surface area contributed by atoms with Crippen LogP contribution >= 0.6 is 0 Å². The molecule has 5 nitrogen and oxygen atoms in total. The van der Waals surface area contributed by atoms with E-state index in [1.807, 2.05) is 0 Å². The van der Waals surface area contributed by atoms with Crippen molar-refractivity contribution in [2.24, 2.45) is 23.7 Å². The van der Waals surface area contributed by atoms with E-state index in [4.69, 9.17) is 4.74 Å². The number of amides is 2. The van der Waals surface area contributed by atoms with E-state index >= 15 is 0 Å². The number of benzene rings is 1. The predicted octanol–water partition coefficient (Wildman–Crippen LogP) is 2.17. The molecule has 0 N–H and O–H groups in total. The predicted molar refractivity (Wildman–Crippen MR) is 82.6 cm³/mol. The highest BCUT2D eigenvalue weighted by Crippen LogP contribution is 2.53. The van der Waals surface area contributed by atoms with Crippen LogP contribution < -0.4 is 4.90 Å². The normalized spacial score (nSPS) is 30.9. The van der Waals surface area contributed by atoms with Gasteiger partial charge in [0.05, 0.1) is 29.7 Å². The molecular formula is C18H17NO4. The van der Waals surface area contributed by atoms with Crippen LogP contribution in [0.4, 0.5) is 5.69 Å². The average Bonchev–Trinajstić information content (AvgIpc) is 3.22. The lowest BCUT2D eigenvalue weighted by Crippen LogP contribution is -2.34. The Balaban J connectivity index is 1.74. The van der Waals surface area contributed by atoms with Crippen LogP contribution in [0, 0.1) is 23.7 Å². The minimum atomic E-state index is -0.512. The number of anilines is 1. The quantitative estimate of drug-likeness (QED) is 0.487. The molecule has 118 valence electrons. The van der Waals surface area contributed by atoms with E-state index in [-0.39, 0.29) is 47.7 Å². The standard InChI is InChI=1S/C18H17NO4/c1-2-23-18(22)12-5-3-4-6-13(12)19-16(20)14-10-7-8-11(9-10)15(14)17(19)21/h3-8,10-11,14-15H,2,9H2,1H3/t10-,11+,14-,15+. The number of esters is 1. The molecule has 3 aliphatic rings. The lowest BCUT2D eigenvalue weighted by molar-refractivity contribution is -0.123. The van der Waals surface area contributed by atoms with Crippen LogP contribution in [0.5, 0.6) is 0 Å². The minimum Gasteiger partial charge on any atom is -0.462 e. The van der Waals surface area contributed by atoms with Crippen LogP contribution in [0.2, 0.25) is 0 Å².